The summed E-state index contributed by atoms with van der Waals surface area (Å²) in [7, 11) is 0. The van der Waals surface area contributed by atoms with Crippen LogP contribution in [0.1, 0.15) is 25.3 Å². The lowest BCUT2D eigenvalue weighted by Crippen LogP contribution is -2.38. The number of benzene rings is 1. The average Bonchev–Trinajstić information content (AvgIpc) is 2.94. The number of halogens is 1. The second kappa shape index (κ2) is 6.02. The number of nitrogens with zero attached hydrogens (tertiary/aromatic N) is 1. The smallest absolute Gasteiger partial charge is 0.263 e. The number of nitrogens with two attached hydrogens (primary N) is 1. The number of carbonyl (C=O) groups is 1. The average molecular weight is 266 g/mol. The minimum Gasteiger partial charge on any atom is -0.477 e. The van der Waals surface area contributed by atoms with Gasteiger partial charge in [0.25, 0.3) is 5.91 Å². The van der Waals surface area contributed by atoms with E-state index in [0.717, 1.165) is 25.9 Å². The molecule has 0 aliphatic carbocycles. The molecule has 1 aromatic carbocycles. The predicted octanol–water partition coefficient (Wildman–Crippen LogP) is 1.67. The van der Waals surface area contributed by atoms with Gasteiger partial charge in [0.1, 0.15) is 0 Å². The molecule has 0 spiro atoms. The van der Waals surface area contributed by atoms with Crippen molar-refractivity contribution in [1.82, 2.24) is 4.90 Å². The molecule has 19 heavy (non-hydrogen) atoms. The van der Waals surface area contributed by atoms with Crippen LogP contribution < -0.4 is 10.5 Å². The van der Waals surface area contributed by atoms with Gasteiger partial charge < -0.3 is 15.4 Å². The summed E-state index contributed by atoms with van der Waals surface area (Å²) in [6.45, 7) is 3.34. The standard InChI is InChI=1S/C14H19FN2O2/c1-10(14(18)17-7-2-3-8-17)19-13-11(9-16)5-4-6-12(13)15/h4-6,10H,2-3,7-9,16H2,1H3. The monoisotopic (exact) mass is 266 g/mol. The fourth-order valence-electron chi connectivity index (χ4n) is 2.27. The summed E-state index contributed by atoms with van der Waals surface area (Å²) in [6, 6.07) is 4.59. The normalized spacial score (nSPS) is 16.5. The van der Waals surface area contributed by atoms with Crippen molar-refractivity contribution in [2.45, 2.75) is 32.4 Å². The van der Waals surface area contributed by atoms with E-state index in [-0.39, 0.29) is 18.2 Å². The van der Waals surface area contributed by atoms with Gasteiger partial charge in [0.15, 0.2) is 17.7 Å². The van der Waals surface area contributed by atoms with Gasteiger partial charge in [0.2, 0.25) is 0 Å². The first-order chi connectivity index (χ1) is 9.13. The Bertz CT molecular complexity index is 459. The zero-order valence-electron chi connectivity index (χ0n) is 11.1. The lowest BCUT2D eigenvalue weighted by molar-refractivity contribution is -0.136. The van der Waals surface area contributed by atoms with E-state index in [2.05, 4.69) is 0 Å². The van der Waals surface area contributed by atoms with E-state index in [1.807, 2.05) is 0 Å². The zero-order chi connectivity index (χ0) is 13.8. The third kappa shape index (κ3) is 3.04. The molecule has 1 aromatic rings. The largest absolute Gasteiger partial charge is 0.477 e. The molecule has 1 fully saturated rings. The lowest BCUT2D eigenvalue weighted by atomic mass is 10.2. The second-order valence-electron chi connectivity index (χ2n) is 4.72. The summed E-state index contributed by atoms with van der Waals surface area (Å²) in [5.41, 5.74) is 6.12. The van der Waals surface area contributed by atoms with Crippen LogP contribution in [0.5, 0.6) is 5.75 Å². The van der Waals surface area contributed by atoms with Gasteiger partial charge in [-0.2, -0.15) is 0 Å². The number of likely N-dealkylation sites (tertiary alicyclic amines) is 1. The van der Waals surface area contributed by atoms with Gasteiger partial charge in [0, 0.05) is 25.2 Å². The van der Waals surface area contributed by atoms with E-state index in [9.17, 15) is 9.18 Å². The molecule has 0 bridgehead atoms. The molecule has 1 unspecified atom stereocenters. The Kier molecular flexibility index (Phi) is 4.37. The molecule has 2 N–H and O–H groups in total. The Hall–Kier alpha value is -1.62. The minimum atomic E-state index is -0.694. The van der Waals surface area contributed by atoms with Crippen molar-refractivity contribution in [2.75, 3.05) is 13.1 Å². The van der Waals surface area contributed by atoms with Crippen molar-refractivity contribution in [3.63, 3.8) is 0 Å². The van der Waals surface area contributed by atoms with E-state index in [1.165, 1.54) is 6.07 Å². The van der Waals surface area contributed by atoms with Gasteiger partial charge in [-0.1, -0.05) is 12.1 Å². The van der Waals surface area contributed by atoms with Crippen molar-refractivity contribution in [3.8, 4) is 5.75 Å². The molecule has 5 heteroatoms. The summed E-state index contributed by atoms with van der Waals surface area (Å²) in [6.07, 6.45) is 1.35. The summed E-state index contributed by atoms with van der Waals surface area (Å²) in [4.78, 5) is 13.9. The van der Waals surface area contributed by atoms with E-state index < -0.39 is 11.9 Å². The zero-order valence-corrected chi connectivity index (χ0v) is 11.1. The summed E-state index contributed by atoms with van der Waals surface area (Å²) < 4.78 is 19.2. The van der Waals surface area contributed by atoms with E-state index in [0.29, 0.717) is 5.56 Å². The fraction of sp³-hybridized carbons (Fsp3) is 0.500. The van der Waals surface area contributed by atoms with Crippen molar-refractivity contribution in [3.05, 3.63) is 29.6 Å². The summed E-state index contributed by atoms with van der Waals surface area (Å²) >= 11 is 0. The Labute approximate surface area is 112 Å². The van der Waals surface area contributed by atoms with Crippen LogP contribution in [0.15, 0.2) is 18.2 Å². The Morgan fingerprint density at radius 2 is 2.16 bits per heavy atom. The predicted molar refractivity (Wildman–Crippen MR) is 70.2 cm³/mol. The maximum absolute atomic E-state index is 13.7. The third-order valence-electron chi connectivity index (χ3n) is 3.33. The molecule has 1 heterocycles. The maximum atomic E-state index is 13.7. The van der Waals surface area contributed by atoms with Crippen LogP contribution >= 0.6 is 0 Å². The van der Waals surface area contributed by atoms with Crippen molar-refractivity contribution in [2.24, 2.45) is 5.73 Å². The van der Waals surface area contributed by atoms with Crippen molar-refractivity contribution in [1.29, 1.82) is 0 Å². The van der Waals surface area contributed by atoms with Crippen molar-refractivity contribution >= 4 is 5.91 Å². The Morgan fingerprint density at radius 3 is 2.79 bits per heavy atom. The molecule has 1 atom stereocenters. The third-order valence-corrected chi connectivity index (χ3v) is 3.33. The van der Waals surface area contributed by atoms with E-state index >= 15 is 0 Å². The quantitative estimate of drug-likeness (QED) is 0.902. The first-order valence-electron chi connectivity index (χ1n) is 6.56. The molecule has 0 radical (unpaired) electrons. The highest BCUT2D eigenvalue weighted by atomic mass is 19.1. The van der Waals surface area contributed by atoms with Crippen molar-refractivity contribution < 1.29 is 13.9 Å². The van der Waals surface area contributed by atoms with Gasteiger partial charge in [-0.15, -0.1) is 0 Å². The molecule has 104 valence electrons. The molecular formula is C14H19FN2O2. The van der Waals surface area contributed by atoms with Gasteiger partial charge in [0.05, 0.1) is 0 Å². The molecule has 4 nitrogen and oxygen atoms in total. The second-order valence-corrected chi connectivity index (χ2v) is 4.72. The lowest BCUT2D eigenvalue weighted by Gasteiger charge is -2.22. The molecule has 0 saturated carbocycles. The van der Waals surface area contributed by atoms with E-state index in [4.69, 9.17) is 10.5 Å². The highest BCUT2D eigenvalue weighted by molar-refractivity contribution is 5.81. The number of ether oxygens (including phenoxy) is 1. The van der Waals surface area contributed by atoms with Crippen LogP contribution in [0.25, 0.3) is 0 Å². The highest BCUT2D eigenvalue weighted by Gasteiger charge is 2.25. The molecule has 2 rings (SSSR count). The minimum absolute atomic E-state index is 0.0880. The highest BCUT2D eigenvalue weighted by Crippen LogP contribution is 2.24. The van der Waals surface area contributed by atoms with Crippen LogP contribution in [-0.2, 0) is 11.3 Å². The van der Waals surface area contributed by atoms with Crippen LogP contribution in [0.2, 0.25) is 0 Å². The van der Waals surface area contributed by atoms with Gasteiger partial charge in [-0.05, 0) is 25.8 Å². The first-order valence-corrected chi connectivity index (χ1v) is 6.56. The molecule has 1 aliphatic heterocycles. The van der Waals surface area contributed by atoms with Crippen LogP contribution in [0.4, 0.5) is 4.39 Å². The topological polar surface area (TPSA) is 55.6 Å². The number of hydrogen-bond donors (Lipinski definition) is 1. The first kappa shape index (κ1) is 13.8. The van der Waals surface area contributed by atoms with Crippen LogP contribution in [-0.4, -0.2) is 30.0 Å². The fourth-order valence-corrected chi connectivity index (χ4v) is 2.27. The Balaban J connectivity index is 2.09. The molecular weight excluding hydrogens is 247 g/mol. The van der Waals surface area contributed by atoms with Gasteiger partial charge >= 0.3 is 0 Å². The number of amides is 1. The summed E-state index contributed by atoms with van der Waals surface area (Å²) in [5, 5.41) is 0. The van der Waals surface area contributed by atoms with Crippen LogP contribution in [0.3, 0.4) is 0 Å². The molecule has 1 saturated heterocycles. The number of hydrogen-bond acceptors (Lipinski definition) is 3. The number of carbonyl (C=O) groups excluding carboxylic acids is 1. The van der Waals surface area contributed by atoms with Gasteiger partial charge in [-0.25, -0.2) is 4.39 Å². The van der Waals surface area contributed by atoms with E-state index in [1.54, 1.807) is 24.0 Å². The SMILES string of the molecule is CC(Oc1c(F)cccc1CN)C(=O)N1CCCC1. The maximum Gasteiger partial charge on any atom is 0.263 e. The molecule has 1 amide bonds. The molecule has 0 aromatic heterocycles. The van der Waals surface area contributed by atoms with Gasteiger partial charge in [-0.3, -0.25) is 4.79 Å². The van der Waals surface area contributed by atoms with Crippen LogP contribution in [0, 0.1) is 5.82 Å². The number of para-hydroxylation sites is 1. The Morgan fingerprint density at radius 1 is 1.47 bits per heavy atom. The number of rotatable bonds is 4. The summed E-state index contributed by atoms with van der Waals surface area (Å²) in [5.74, 6) is -0.488. The molecule has 1 aliphatic rings.